The minimum atomic E-state index is -4.20. The lowest BCUT2D eigenvalue weighted by Gasteiger charge is -2.44. The molecule has 2 aliphatic heterocycles. The van der Waals surface area contributed by atoms with Gasteiger partial charge in [-0.2, -0.15) is 13.2 Å². The SMILES string of the molecule is CC.CC.CCC=O.CNC12COC(C(F)(F)F)(C1)C2. The van der Waals surface area contributed by atoms with E-state index in [4.69, 9.17) is 4.74 Å². The van der Waals surface area contributed by atoms with Crippen molar-refractivity contribution >= 4 is 6.29 Å². The molecule has 0 spiro atoms. The number of aldehydes is 1. The molecular formula is C14H28F3NO2. The first-order valence-corrected chi connectivity index (χ1v) is 7.18. The zero-order valence-electron chi connectivity index (χ0n) is 13.4. The number of fused-ring (bicyclic) bond motifs is 1. The molecule has 3 nitrogen and oxygen atoms in total. The van der Waals surface area contributed by atoms with Gasteiger partial charge < -0.3 is 14.8 Å². The minimum absolute atomic E-state index is 0.0694. The molecule has 1 aliphatic carbocycles. The molecule has 3 aliphatic rings. The minimum Gasteiger partial charge on any atom is -0.363 e. The number of hydrogen-bond acceptors (Lipinski definition) is 3. The first-order valence-electron chi connectivity index (χ1n) is 7.18. The summed E-state index contributed by atoms with van der Waals surface area (Å²) < 4.78 is 41.8. The van der Waals surface area contributed by atoms with E-state index in [1.807, 2.05) is 34.6 Å². The molecule has 2 saturated heterocycles. The van der Waals surface area contributed by atoms with Gasteiger partial charge in [0, 0.05) is 24.8 Å². The molecule has 0 radical (unpaired) electrons. The van der Waals surface area contributed by atoms with Gasteiger partial charge in [0.2, 0.25) is 0 Å². The van der Waals surface area contributed by atoms with Gasteiger partial charge in [-0.3, -0.25) is 0 Å². The lowest BCUT2D eigenvalue weighted by Crippen LogP contribution is -2.62. The van der Waals surface area contributed by atoms with E-state index in [1.54, 1.807) is 7.05 Å². The molecule has 0 amide bonds. The van der Waals surface area contributed by atoms with E-state index in [0.29, 0.717) is 6.42 Å². The third kappa shape index (κ3) is 4.74. The van der Waals surface area contributed by atoms with Gasteiger partial charge in [0.05, 0.1) is 6.61 Å². The van der Waals surface area contributed by atoms with E-state index < -0.39 is 17.3 Å². The number of carbonyl (C=O) groups excluding carboxylic acids is 1. The van der Waals surface area contributed by atoms with Crippen LogP contribution in [0.1, 0.15) is 53.9 Å². The molecular weight excluding hydrogens is 271 g/mol. The smallest absolute Gasteiger partial charge is 0.363 e. The second-order valence-corrected chi connectivity index (χ2v) is 4.24. The second kappa shape index (κ2) is 9.34. The lowest BCUT2D eigenvalue weighted by molar-refractivity contribution is -0.273. The molecule has 6 heteroatoms. The van der Waals surface area contributed by atoms with Crippen molar-refractivity contribution in [2.75, 3.05) is 13.7 Å². The predicted molar refractivity (Wildman–Crippen MR) is 74.8 cm³/mol. The van der Waals surface area contributed by atoms with Gasteiger partial charge >= 0.3 is 6.18 Å². The van der Waals surface area contributed by atoms with Gasteiger partial charge in [0.1, 0.15) is 6.29 Å². The average molecular weight is 299 g/mol. The Hall–Kier alpha value is -0.620. The summed E-state index contributed by atoms with van der Waals surface area (Å²) in [7, 11) is 1.68. The maximum absolute atomic E-state index is 12.3. The molecule has 3 rings (SSSR count). The number of alkyl halides is 3. The van der Waals surface area contributed by atoms with E-state index in [2.05, 4.69) is 5.32 Å². The third-order valence-electron chi connectivity index (χ3n) is 3.09. The Labute approximate surface area is 120 Å². The number of likely N-dealkylation sites (N-methyl/N-ethyl adjacent to an activating group) is 1. The van der Waals surface area contributed by atoms with Crippen LogP contribution in [0, 0.1) is 0 Å². The van der Waals surface area contributed by atoms with Gasteiger partial charge in [-0.1, -0.05) is 34.6 Å². The maximum atomic E-state index is 12.3. The molecule has 0 atom stereocenters. The van der Waals surface area contributed by atoms with Crippen LogP contribution >= 0.6 is 0 Å². The van der Waals surface area contributed by atoms with Crippen LogP contribution in [-0.4, -0.2) is 37.3 Å². The number of nitrogens with one attached hydrogen (secondary N) is 1. The standard InChI is InChI=1S/C7H10F3NO.C3H6O.2C2H6/c1-11-5-2-6(3-5,12-4-5)7(8,9)10;1-2-3-4;2*1-2/h11H,2-4H2,1H3;3H,2H2,1H3;2*1-2H3. The Morgan fingerprint density at radius 2 is 1.60 bits per heavy atom. The number of carbonyl (C=O) groups is 1. The van der Waals surface area contributed by atoms with E-state index in [-0.39, 0.29) is 19.4 Å². The zero-order valence-corrected chi connectivity index (χ0v) is 13.4. The average Bonchev–Trinajstić information content (AvgIpc) is 3.00. The van der Waals surface area contributed by atoms with Gasteiger partial charge in [-0.25, -0.2) is 0 Å². The van der Waals surface area contributed by atoms with Gasteiger partial charge in [-0.05, 0) is 7.05 Å². The Morgan fingerprint density at radius 1 is 1.20 bits per heavy atom. The molecule has 1 saturated carbocycles. The molecule has 0 unspecified atom stereocenters. The second-order valence-electron chi connectivity index (χ2n) is 4.24. The highest BCUT2D eigenvalue weighted by Crippen LogP contribution is 2.58. The summed E-state index contributed by atoms with van der Waals surface area (Å²) in [4.78, 5) is 9.17. The van der Waals surface area contributed by atoms with Crippen LogP contribution in [0.4, 0.5) is 13.2 Å². The summed E-state index contributed by atoms with van der Waals surface area (Å²) in [6.07, 6.45) is -2.55. The summed E-state index contributed by atoms with van der Waals surface area (Å²) in [5.74, 6) is 0. The summed E-state index contributed by atoms with van der Waals surface area (Å²) in [5.41, 5.74) is -2.22. The van der Waals surface area contributed by atoms with Gasteiger partial charge in [-0.15, -0.1) is 0 Å². The van der Waals surface area contributed by atoms with E-state index in [0.717, 1.165) is 6.29 Å². The third-order valence-corrected chi connectivity index (χ3v) is 3.09. The normalized spacial score (nSPS) is 29.4. The van der Waals surface area contributed by atoms with Crippen molar-refractivity contribution in [1.29, 1.82) is 0 Å². The van der Waals surface area contributed by atoms with Crippen molar-refractivity contribution in [2.24, 2.45) is 0 Å². The van der Waals surface area contributed by atoms with Crippen LogP contribution in [0.5, 0.6) is 0 Å². The van der Waals surface area contributed by atoms with Crippen molar-refractivity contribution in [2.45, 2.75) is 71.2 Å². The summed E-state index contributed by atoms with van der Waals surface area (Å²) in [6, 6.07) is 0. The molecule has 0 aromatic carbocycles. The Bertz CT molecular complexity index is 262. The highest BCUT2D eigenvalue weighted by molar-refractivity contribution is 5.48. The van der Waals surface area contributed by atoms with Crippen LogP contribution in [0.25, 0.3) is 0 Å². The van der Waals surface area contributed by atoms with Crippen LogP contribution in [0.15, 0.2) is 0 Å². The van der Waals surface area contributed by atoms with Crippen LogP contribution in [0.3, 0.4) is 0 Å². The molecule has 2 heterocycles. The highest BCUT2D eigenvalue weighted by atomic mass is 19.4. The number of halogens is 3. The maximum Gasteiger partial charge on any atom is 0.417 e. The van der Waals surface area contributed by atoms with E-state index >= 15 is 0 Å². The van der Waals surface area contributed by atoms with Crippen molar-refractivity contribution in [1.82, 2.24) is 5.32 Å². The zero-order chi connectivity index (χ0) is 16.4. The predicted octanol–water partition coefficient (Wildman–Crippen LogP) is 3.72. The number of hydrogen-bond donors (Lipinski definition) is 1. The van der Waals surface area contributed by atoms with Crippen molar-refractivity contribution in [3.63, 3.8) is 0 Å². The fourth-order valence-electron chi connectivity index (χ4n) is 2.05. The largest absolute Gasteiger partial charge is 0.417 e. The fourth-order valence-corrected chi connectivity index (χ4v) is 2.05. The summed E-state index contributed by atoms with van der Waals surface area (Å²) in [6.45, 7) is 10.00. The highest BCUT2D eigenvalue weighted by Gasteiger charge is 2.73. The van der Waals surface area contributed by atoms with E-state index in [9.17, 15) is 18.0 Å². The molecule has 2 bridgehead atoms. The Balaban J connectivity index is 0. The number of ether oxygens (including phenoxy) is 1. The quantitative estimate of drug-likeness (QED) is 0.790. The van der Waals surface area contributed by atoms with Crippen molar-refractivity contribution in [3.8, 4) is 0 Å². The molecule has 1 N–H and O–H groups in total. The first-order chi connectivity index (χ1) is 9.35. The van der Waals surface area contributed by atoms with Gasteiger partial charge in [0.15, 0.2) is 5.60 Å². The molecule has 0 aromatic heterocycles. The molecule has 0 aromatic rings. The molecule has 3 fully saturated rings. The Morgan fingerprint density at radius 3 is 1.75 bits per heavy atom. The summed E-state index contributed by atoms with van der Waals surface area (Å²) in [5, 5.41) is 2.88. The van der Waals surface area contributed by atoms with Crippen molar-refractivity contribution in [3.05, 3.63) is 0 Å². The first kappa shape index (κ1) is 21.7. The fraction of sp³-hybridized carbons (Fsp3) is 0.929. The lowest BCUT2D eigenvalue weighted by atomic mass is 9.68. The molecule has 122 valence electrons. The van der Waals surface area contributed by atoms with Crippen molar-refractivity contribution < 1.29 is 22.7 Å². The van der Waals surface area contributed by atoms with E-state index in [1.165, 1.54) is 0 Å². The summed E-state index contributed by atoms with van der Waals surface area (Å²) >= 11 is 0. The monoisotopic (exact) mass is 299 g/mol. The van der Waals surface area contributed by atoms with Crippen LogP contribution < -0.4 is 5.32 Å². The van der Waals surface area contributed by atoms with Crippen LogP contribution in [-0.2, 0) is 9.53 Å². The van der Waals surface area contributed by atoms with Gasteiger partial charge in [0.25, 0.3) is 0 Å². The van der Waals surface area contributed by atoms with Crippen LogP contribution in [0.2, 0.25) is 0 Å². The number of rotatable bonds is 2. The Kier molecular flexibility index (Phi) is 10.1. The molecule has 20 heavy (non-hydrogen) atoms. The topological polar surface area (TPSA) is 38.3 Å².